The number of hydrogen-bond donors (Lipinski definition) is 3. The monoisotopic (exact) mass is 451 g/mol. The summed E-state index contributed by atoms with van der Waals surface area (Å²) in [5.74, 6) is 0.210. The summed E-state index contributed by atoms with van der Waals surface area (Å²) in [4.78, 5) is 13.5. The zero-order valence-corrected chi connectivity index (χ0v) is 19.1. The van der Waals surface area contributed by atoms with Crippen molar-refractivity contribution in [1.29, 1.82) is 0 Å². The van der Waals surface area contributed by atoms with E-state index in [0.29, 0.717) is 38.8 Å². The van der Waals surface area contributed by atoms with E-state index in [2.05, 4.69) is 5.32 Å². The molecule has 1 spiro atoms. The Bertz CT molecular complexity index is 1110. The average Bonchev–Trinajstić information content (AvgIpc) is 3.03. The highest BCUT2D eigenvalue weighted by atomic mass is 32.1. The molecule has 1 saturated heterocycles. The van der Waals surface area contributed by atoms with Crippen LogP contribution >= 0.6 is 12.2 Å². The molecule has 166 valence electrons. The van der Waals surface area contributed by atoms with Gasteiger partial charge in [0.15, 0.2) is 5.60 Å². The number of phenolic OH excluding ortho intramolecular Hbond substituents is 2. The molecule has 0 radical (unpaired) electrons. The molecule has 2 aliphatic rings. The molecule has 7 heteroatoms. The predicted molar refractivity (Wildman–Crippen MR) is 127 cm³/mol. The van der Waals surface area contributed by atoms with Gasteiger partial charge in [0, 0.05) is 35.0 Å². The van der Waals surface area contributed by atoms with Crippen LogP contribution in [0.5, 0.6) is 23.0 Å². The minimum Gasteiger partial charge on any atom is -0.508 e. The summed E-state index contributed by atoms with van der Waals surface area (Å²) >= 11 is 5.02. The van der Waals surface area contributed by atoms with Crippen LogP contribution in [-0.4, -0.2) is 21.2 Å². The highest BCUT2D eigenvalue weighted by Gasteiger charge is 2.55. The number of ether oxygens (including phenoxy) is 2. The molecular weight excluding hydrogens is 426 g/mol. The van der Waals surface area contributed by atoms with E-state index in [1.165, 1.54) is 24.3 Å². The number of esters is 1. The molecule has 0 atom stereocenters. The number of carbonyl (C=O) groups excluding carboxylic acids is 1. The molecular formula is C25H25NO5S. The van der Waals surface area contributed by atoms with Gasteiger partial charge in [0.1, 0.15) is 23.0 Å². The Labute approximate surface area is 192 Å². The Morgan fingerprint density at radius 2 is 1.62 bits per heavy atom. The van der Waals surface area contributed by atoms with Crippen molar-refractivity contribution in [3.63, 3.8) is 0 Å². The average molecular weight is 452 g/mol. The van der Waals surface area contributed by atoms with Crippen LogP contribution in [-0.2, 0) is 15.1 Å². The molecule has 0 aromatic heterocycles. The number of allylic oxidation sites excluding steroid dienone is 3. The predicted octanol–water partition coefficient (Wildman–Crippen LogP) is 5.35. The van der Waals surface area contributed by atoms with Crippen LogP contribution in [0, 0.1) is 0 Å². The van der Waals surface area contributed by atoms with Gasteiger partial charge in [-0.1, -0.05) is 38.2 Å². The lowest BCUT2D eigenvalue weighted by Crippen LogP contribution is -2.32. The van der Waals surface area contributed by atoms with Gasteiger partial charge in [-0.15, -0.1) is 0 Å². The fourth-order valence-electron chi connectivity index (χ4n) is 3.78. The second-order valence-electron chi connectivity index (χ2n) is 6.88. The van der Waals surface area contributed by atoms with Crippen molar-refractivity contribution >= 4 is 23.2 Å². The van der Waals surface area contributed by atoms with Crippen molar-refractivity contribution in [1.82, 2.24) is 5.32 Å². The molecule has 0 bridgehead atoms. The van der Waals surface area contributed by atoms with Gasteiger partial charge < -0.3 is 25.0 Å². The molecule has 4 rings (SSSR count). The highest BCUT2D eigenvalue weighted by Crippen LogP contribution is 2.58. The Hall–Kier alpha value is -3.58. The van der Waals surface area contributed by atoms with Gasteiger partial charge in [0.05, 0.1) is 10.6 Å². The van der Waals surface area contributed by atoms with Crippen molar-refractivity contribution in [3.8, 4) is 23.0 Å². The number of aromatic hydroxyl groups is 2. The number of carbonyl (C=O) groups is 1. The van der Waals surface area contributed by atoms with Crippen molar-refractivity contribution < 1.29 is 24.5 Å². The van der Waals surface area contributed by atoms with Gasteiger partial charge >= 0.3 is 5.97 Å². The van der Waals surface area contributed by atoms with E-state index in [1.807, 2.05) is 13.8 Å². The first-order valence-electron chi connectivity index (χ1n) is 10.3. The number of rotatable bonds is 2. The summed E-state index contributed by atoms with van der Waals surface area (Å²) in [7, 11) is 0. The maximum atomic E-state index is 12.9. The molecule has 2 aromatic carbocycles. The molecule has 2 heterocycles. The summed E-state index contributed by atoms with van der Waals surface area (Å²) in [5, 5.41) is 22.9. The number of benzene rings is 2. The quantitative estimate of drug-likeness (QED) is 0.322. The summed E-state index contributed by atoms with van der Waals surface area (Å²) in [6.45, 7) is 7.53. The zero-order chi connectivity index (χ0) is 23.5. The Morgan fingerprint density at radius 3 is 2.12 bits per heavy atom. The fraction of sp³-hybridized carbons (Fsp3) is 0.200. The second-order valence-corrected chi connectivity index (χ2v) is 7.49. The number of thiocarbonyl (C=S) groups is 1. The van der Waals surface area contributed by atoms with E-state index in [9.17, 15) is 15.0 Å². The minimum atomic E-state index is -1.29. The molecule has 0 aliphatic carbocycles. The molecule has 0 saturated carbocycles. The lowest BCUT2D eigenvalue weighted by Gasteiger charge is -2.36. The van der Waals surface area contributed by atoms with E-state index in [0.717, 1.165) is 0 Å². The van der Waals surface area contributed by atoms with Gasteiger partial charge in [-0.3, -0.25) is 0 Å². The van der Waals surface area contributed by atoms with E-state index in [4.69, 9.17) is 21.7 Å². The van der Waals surface area contributed by atoms with Crippen LogP contribution in [0.25, 0.3) is 0 Å². The Kier molecular flexibility index (Phi) is 6.69. The zero-order valence-electron chi connectivity index (χ0n) is 18.3. The third-order valence-corrected chi connectivity index (χ3v) is 5.10. The SMILES string of the molecule is C/C=C1/C(=O)OC2(/C1=C/C=C/NC(C)=S)c1ccc(O)cc1Oc1cc(O)ccc12.CC. The van der Waals surface area contributed by atoms with Crippen LogP contribution in [0.15, 0.2) is 72.0 Å². The van der Waals surface area contributed by atoms with E-state index in [1.54, 1.807) is 50.4 Å². The largest absolute Gasteiger partial charge is 0.508 e. The molecule has 2 aromatic rings. The van der Waals surface area contributed by atoms with Gasteiger partial charge in [-0.25, -0.2) is 4.79 Å². The van der Waals surface area contributed by atoms with E-state index in [-0.39, 0.29) is 11.5 Å². The molecule has 0 amide bonds. The first-order chi connectivity index (χ1) is 15.4. The summed E-state index contributed by atoms with van der Waals surface area (Å²) < 4.78 is 11.9. The summed E-state index contributed by atoms with van der Waals surface area (Å²) in [6, 6.07) is 9.28. The Morgan fingerprint density at radius 1 is 1.06 bits per heavy atom. The molecule has 1 fully saturated rings. The van der Waals surface area contributed by atoms with Crippen molar-refractivity contribution in [2.24, 2.45) is 0 Å². The van der Waals surface area contributed by atoms with E-state index >= 15 is 0 Å². The van der Waals surface area contributed by atoms with Crippen LogP contribution in [0.1, 0.15) is 38.8 Å². The normalized spacial score (nSPS) is 17.9. The van der Waals surface area contributed by atoms with Crippen molar-refractivity contribution in [2.75, 3.05) is 0 Å². The first-order valence-corrected chi connectivity index (χ1v) is 10.7. The molecule has 2 aliphatic heterocycles. The Balaban J connectivity index is 0.00000141. The van der Waals surface area contributed by atoms with Crippen LogP contribution in [0.2, 0.25) is 0 Å². The van der Waals surface area contributed by atoms with Gasteiger partial charge in [0.2, 0.25) is 0 Å². The highest BCUT2D eigenvalue weighted by molar-refractivity contribution is 7.80. The van der Waals surface area contributed by atoms with Gasteiger partial charge in [0.25, 0.3) is 0 Å². The summed E-state index contributed by atoms with van der Waals surface area (Å²) in [6.07, 6.45) is 6.90. The molecule has 32 heavy (non-hydrogen) atoms. The molecule has 3 N–H and O–H groups in total. The van der Waals surface area contributed by atoms with Crippen LogP contribution in [0.3, 0.4) is 0 Å². The second kappa shape index (κ2) is 9.28. The maximum absolute atomic E-state index is 12.9. The van der Waals surface area contributed by atoms with Crippen molar-refractivity contribution in [2.45, 2.75) is 33.3 Å². The third-order valence-electron chi connectivity index (χ3n) is 4.98. The smallest absolute Gasteiger partial charge is 0.339 e. The topological polar surface area (TPSA) is 88.0 Å². The van der Waals surface area contributed by atoms with Gasteiger partial charge in [-0.2, -0.15) is 0 Å². The third kappa shape index (κ3) is 3.87. The number of hydrogen-bond acceptors (Lipinski definition) is 6. The maximum Gasteiger partial charge on any atom is 0.339 e. The fourth-order valence-corrected chi connectivity index (χ4v) is 3.84. The molecule has 0 unspecified atom stereocenters. The number of phenols is 2. The lowest BCUT2D eigenvalue weighted by atomic mass is 9.76. The minimum absolute atomic E-state index is 0.00849. The number of nitrogens with one attached hydrogen (secondary N) is 1. The first kappa shape index (κ1) is 23.1. The lowest BCUT2D eigenvalue weighted by molar-refractivity contribution is -0.143. The van der Waals surface area contributed by atoms with Crippen LogP contribution < -0.4 is 10.1 Å². The standard InChI is InChI=1S/C23H19NO5S.C2H6/c1-3-16-17(5-4-10-24-13(2)30)23(29-22(16)27)18-8-6-14(25)11-20(18)28-21-12-15(26)7-9-19(21)23;1-2/h3-12,25-26H,1-2H3,(H,24,30);1-2H3/b10-4+,16-3+,17-5+;. The van der Waals surface area contributed by atoms with Crippen LogP contribution in [0.4, 0.5) is 0 Å². The van der Waals surface area contributed by atoms with Crippen molar-refractivity contribution in [3.05, 3.63) is 83.1 Å². The number of fused-ring (bicyclic) bond motifs is 4. The molecule has 6 nitrogen and oxygen atoms in total. The van der Waals surface area contributed by atoms with E-state index < -0.39 is 11.6 Å². The summed E-state index contributed by atoms with van der Waals surface area (Å²) in [5.41, 5.74) is 0.876. The van der Waals surface area contributed by atoms with Gasteiger partial charge in [-0.05, 0) is 44.2 Å².